The average molecular weight is 450 g/mol. The number of nitrogens with zero attached hydrogens (tertiary/aromatic N) is 4. The van der Waals surface area contributed by atoms with Crippen LogP contribution in [-0.2, 0) is 22.1 Å². The molecule has 2 fully saturated rings. The van der Waals surface area contributed by atoms with Crippen molar-refractivity contribution < 1.29 is 14.4 Å². The Hall–Kier alpha value is -3.42. The molecule has 1 aromatic carbocycles. The lowest BCUT2D eigenvalue weighted by Gasteiger charge is -2.45. The number of nitrogens with one attached hydrogen (secondary N) is 1. The van der Waals surface area contributed by atoms with Gasteiger partial charge in [-0.2, -0.15) is 5.10 Å². The van der Waals surface area contributed by atoms with E-state index in [1.807, 2.05) is 35.2 Å². The minimum atomic E-state index is -0.634. The van der Waals surface area contributed by atoms with Crippen LogP contribution >= 0.6 is 0 Å². The summed E-state index contributed by atoms with van der Waals surface area (Å²) < 4.78 is 1.60. The van der Waals surface area contributed by atoms with Crippen LogP contribution < -0.4 is 5.32 Å². The predicted molar refractivity (Wildman–Crippen MR) is 124 cm³/mol. The van der Waals surface area contributed by atoms with Crippen LogP contribution in [0.4, 0.5) is 0 Å². The van der Waals surface area contributed by atoms with Crippen LogP contribution in [-0.4, -0.2) is 69.5 Å². The van der Waals surface area contributed by atoms with Crippen LogP contribution in [0.3, 0.4) is 0 Å². The minimum absolute atomic E-state index is 0.0292. The summed E-state index contributed by atoms with van der Waals surface area (Å²) in [5.74, 6) is -0.0985. The molecule has 2 aliphatic heterocycles. The number of hydrogen-bond acceptors (Lipinski definition) is 4. The van der Waals surface area contributed by atoms with Gasteiger partial charge in [0.1, 0.15) is 0 Å². The first-order valence-electron chi connectivity index (χ1n) is 11.5. The van der Waals surface area contributed by atoms with E-state index in [2.05, 4.69) is 17.0 Å². The molecule has 2 aromatic rings. The summed E-state index contributed by atoms with van der Waals surface area (Å²) in [5.41, 5.74) is 0.915. The third-order valence-corrected chi connectivity index (χ3v) is 6.92. The van der Waals surface area contributed by atoms with E-state index in [1.54, 1.807) is 29.0 Å². The first-order chi connectivity index (χ1) is 15.9. The lowest BCUT2D eigenvalue weighted by Crippen LogP contribution is -2.56. The highest BCUT2D eigenvalue weighted by molar-refractivity contribution is 5.94. The quantitative estimate of drug-likeness (QED) is 0.706. The Bertz CT molecular complexity index is 1020. The molecule has 4 rings (SSSR count). The second-order valence-electron chi connectivity index (χ2n) is 8.92. The highest BCUT2D eigenvalue weighted by Gasteiger charge is 2.46. The molecule has 0 atom stereocenters. The van der Waals surface area contributed by atoms with E-state index in [1.165, 1.54) is 6.08 Å². The number of carbonyl (C=O) groups is 3. The zero-order valence-electron chi connectivity index (χ0n) is 19.1. The standard InChI is InChI=1S/C25H31N5O3/c1-3-22(31)29-15-11-25(12-16-29,20-7-5-4-6-8-20)24(33)30-13-9-21(10-14-30)27-23(32)19-17-26-28(2)18-19/h3-8,17-18,21H,1,9-16H2,2H3,(H,27,32). The summed E-state index contributed by atoms with van der Waals surface area (Å²) >= 11 is 0. The average Bonchev–Trinajstić information content (AvgIpc) is 3.30. The molecule has 174 valence electrons. The Kier molecular flexibility index (Phi) is 6.62. The second kappa shape index (κ2) is 9.60. The maximum atomic E-state index is 13.9. The van der Waals surface area contributed by atoms with Gasteiger partial charge in [-0.3, -0.25) is 19.1 Å². The number of likely N-dealkylation sites (tertiary alicyclic amines) is 2. The fourth-order valence-corrected chi connectivity index (χ4v) is 4.96. The maximum absolute atomic E-state index is 13.9. The summed E-state index contributed by atoms with van der Waals surface area (Å²) in [6.45, 7) is 5.84. The van der Waals surface area contributed by atoms with Crippen molar-refractivity contribution in [2.75, 3.05) is 26.2 Å². The summed E-state index contributed by atoms with van der Waals surface area (Å²) in [6.07, 6.45) is 7.19. The number of carbonyl (C=O) groups excluding carboxylic acids is 3. The van der Waals surface area contributed by atoms with E-state index in [4.69, 9.17) is 0 Å². The van der Waals surface area contributed by atoms with Crippen LogP contribution in [0, 0.1) is 0 Å². The van der Waals surface area contributed by atoms with E-state index >= 15 is 0 Å². The van der Waals surface area contributed by atoms with Gasteiger partial charge in [0.2, 0.25) is 11.8 Å². The van der Waals surface area contributed by atoms with Crippen molar-refractivity contribution in [2.24, 2.45) is 7.05 Å². The molecule has 0 radical (unpaired) electrons. The predicted octanol–water partition coefficient (Wildman–Crippen LogP) is 1.89. The van der Waals surface area contributed by atoms with Crippen LogP contribution in [0.25, 0.3) is 0 Å². The largest absolute Gasteiger partial charge is 0.349 e. The summed E-state index contributed by atoms with van der Waals surface area (Å²) in [6, 6.07) is 9.95. The first-order valence-corrected chi connectivity index (χ1v) is 11.5. The Morgan fingerprint density at radius 3 is 2.30 bits per heavy atom. The summed E-state index contributed by atoms with van der Waals surface area (Å²) in [4.78, 5) is 42.1. The molecule has 0 bridgehead atoms. The number of rotatable bonds is 5. The highest BCUT2D eigenvalue weighted by Crippen LogP contribution is 2.38. The van der Waals surface area contributed by atoms with Crippen molar-refractivity contribution in [1.29, 1.82) is 0 Å². The van der Waals surface area contributed by atoms with E-state index in [9.17, 15) is 14.4 Å². The van der Waals surface area contributed by atoms with Gasteiger partial charge in [-0.1, -0.05) is 36.9 Å². The zero-order valence-corrected chi connectivity index (χ0v) is 19.1. The topological polar surface area (TPSA) is 87.5 Å². The number of hydrogen-bond donors (Lipinski definition) is 1. The van der Waals surface area contributed by atoms with Gasteiger partial charge in [0.15, 0.2) is 0 Å². The van der Waals surface area contributed by atoms with E-state index in [0.29, 0.717) is 57.4 Å². The highest BCUT2D eigenvalue weighted by atomic mass is 16.2. The van der Waals surface area contributed by atoms with Gasteiger partial charge in [-0.15, -0.1) is 0 Å². The van der Waals surface area contributed by atoms with Crippen LogP contribution in [0.5, 0.6) is 0 Å². The Morgan fingerprint density at radius 1 is 1.06 bits per heavy atom. The molecule has 1 aromatic heterocycles. The van der Waals surface area contributed by atoms with Crippen molar-refractivity contribution in [2.45, 2.75) is 37.1 Å². The molecule has 8 nitrogen and oxygen atoms in total. The van der Waals surface area contributed by atoms with E-state index < -0.39 is 5.41 Å². The number of aryl methyl sites for hydroxylation is 1. The van der Waals surface area contributed by atoms with Gasteiger partial charge in [-0.05, 0) is 37.3 Å². The van der Waals surface area contributed by atoms with Gasteiger partial charge >= 0.3 is 0 Å². The fraction of sp³-hybridized carbons (Fsp3) is 0.440. The molecular formula is C25H31N5O3. The van der Waals surface area contributed by atoms with Gasteiger partial charge in [0.25, 0.3) is 5.91 Å². The van der Waals surface area contributed by atoms with Gasteiger partial charge in [0.05, 0.1) is 17.2 Å². The molecule has 0 saturated carbocycles. The zero-order chi connectivity index (χ0) is 23.4. The first kappa shape index (κ1) is 22.8. The van der Waals surface area contributed by atoms with E-state index in [0.717, 1.165) is 5.56 Å². The molecule has 2 aliphatic rings. The summed E-state index contributed by atoms with van der Waals surface area (Å²) in [7, 11) is 1.78. The molecule has 1 N–H and O–H groups in total. The Morgan fingerprint density at radius 2 is 1.73 bits per heavy atom. The SMILES string of the molecule is C=CC(=O)N1CCC(C(=O)N2CCC(NC(=O)c3cnn(C)c3)CC2)(c2ccccc2)CC1. The van der Waals surface area contributed by atoms with Crippen molar-refractivity contribution >= 4 is 17.7 Å². The maximum Gasteiger partial charge on any atom is 0.254 e. The number of piperidine rings is 2. The van der Waals surface area contributed by atoms with Gasteiger partial charge in [-0.25, -0.2) is 0 Å². The molecule has 3 amide bonds. The molecule has 8 heteroatoms. The number of benzene rings is 1. The third-order valence-electron chi connectivity index (χ3n) is 6.92. The lowest BCUT2D eigenvalue weighted by molar-refractivity contribution is -0.142. The van der Waals surface area contributed by atoms with E-state index in [-0.39, 0.29) is 23.8 Å². The van der Waals surface area contributed by atoms with Crippen molar-refractivity contribution in [3.8, 4) is 0 Å². The Labute approximate surface area is 194 Å². The monoisotopic (exact) mass is 449 g/mol. The molecule has 0 unspecified atom stereocenters. The molecule has 0 spiro atoms. The van der Waals surface area contributed by atoms with Crippen molar-refractivity contribution in [3.63, 3.8) is 0 Å². The fourth-order valence-electron chi connectivity index (χ4n) is 4.96. The molecule has 0 aliphatic carbocycles. The van der Waals surface area contributed by atoms with Gasteiger partial charge < -0.3 is 15.1 Å². The molecule has 3 heterocycles. The molecule has 33 heavy (non-hydrogen) atoms. The third kappa shape index (κ3) is 4.69. The van der Waals surface area contributed by atoms with Crippen LogP contribution in [0.15, 0.2) is 55.4 Å². The van der Waals surface area contributed by atoms with Crippen LogP contribution in [0.2, 0.25) is 0 Å². The lowest BCUT2D eigenvalue weighted by atomic mass is 9.71. The van der Waals surface area contributed by atoms with Crippen molar-refractivity contribution in [1.82, 2.24) is 24.9 Å². The normalized spacial score (nSPS) is 18.6. The summed E-state index contributed by atoms with van der Waals surface area (Å²) in [5, 5.41) is 7.12. The van der Waals surface area contributed by atoms with Crippen LogP contribution in [0.1, 0.15) is 41.6 Å². The Balaban J connectivity index is 1.43. The minimum Gasteiger partial charge on any atom is -0.349 e. The second-order valence-corrected chi connectivity index (χ2v) is 8.92. The smallest absolute Gasteiger partial charge is 0.254 e. The molecular weight excluding hydrogens is 418 g/mol. The van der Waals surface area contributed by atoms with Gasteiger partial charge in [0, 0.05) is 45.5 Å². The number of aromatic nitrogens is 2. The number of amides is 3. The van der Waals surface area contributed by atoms with Crippen molar-refractivity contribution in [3.05, 3.63) is 66.5 Å². The molecule has 2 saturated heterocycles.